The Morgan fingerprint density at radius 2 is 1.72 bits per heavy atom. The first-order chi connectivity index (χ1) is 15.3. The Morgan fingerprint density at radius 3 is 2.47 bits per heavy atom. The van der Waals surface area contributed by atoms with Gasteiger partial charge < -0.3 is 14.8 Å². The molecule has 0 radical (unpaired) electrons. The number of para-hydroxylation sites is 2. The second kappa shape index (κ2) is 10.0. The normalized spacial score (nSPS) is 11.2. The lowest BCUT2D eigenvalue weighted by Gasteiger charge is -2.14. The monoisotopic (exact) mass is 452 g/mol. The van der Waals surface area contributed by atoms with Gasteiger partial charge in [-0.1, -0.05) is 30.3 Å². The molecule has 3 aromatic carbocycles. The van der Waals surface area contributed by atoms with Gasteiger partial charge in [0.15, 0.2) is 0 Å². The average molecular weight is 453 g/mol. The smallest absolute Gasteiger partial charge is 0.262 e. The van der Waals surface area contributed by atoms with E-state index < -0.39 is 15.9 Å². The topological polar surface area (TPSA) is 93.7 Å². The van der Waals surface area contributed by atoms with Gasteiger partial charge in [-0.15, -0.1) is 0 Å². The largest absolute Gasteiger partial charge is 0.497 e. The van der Waals surface area contributed by atoms with Crippen LogP contribution < -0.4 is 19.5 Å². The first-order valence-corrected chi connectivity index (χ1v) is 11.2. The molecule has 0 heterocycles. The molecule has 7 nitrogen and oxygen atoms in total. The number of benzene rings is 3. The Balaban J connectivity index is 1.78. The summed E-state index contributed by atoms with van der Waals surface area (Å²) in [5.41, 5.74) is 2.02. The molecule has 0 saturated carbocycles. The highest BCUT2D eigenvalue weighted by Gasteiger charge is 2.19. The third-order valence-electron chi connectivity index (χ3n) is 4.62. The number of sulfonamides is 1. The van der Waals surface area contributed by atoms with Gasteiger partial charge in [0.05, 0.1) is 24.8 Å². The van der Waals surface area contributed by atoms with Crippen LogP contribution in [-0.4, -0.2) is 28.5 Å². The summed E-state index contributed by atoms with van der Waals surface area (Å²) in [6.45, 7) is 1.69. The van der Waals surface area contributed by atoms with E-state index in [4.69, 9.17) is 9.47 Å². The summed E-state index contributed by atoms with van der Waals surface area (Å²) >= 11 is 0. The van der Waals surface area contributed by atoms with E-state index >= 15 is 0 Å². The fourth-order valence-electron chi connectivity index (χ4n) is 3.00. The van der Waals surface area contributed by atoms with Crippen molar-refractivity contribution in [1.82, 2.24) is 0 Å². The maximum absolute atomic E-state index is 13.0. The number of nitrogens with one attached hydrogen (secondary N) is 2. The van der Waals surface area contributed by atoms with Crippen LogP contribution in [-0.2, 0) is 14.8 Å². The van der Waals surface area contributed by atoms with Gasteiger partial charge >= 0.3 is 0 Å². The van der Waals surface area contributed by atoms with E-state index in [1.165, 1.54) is 19.3 Å². The molecule has 2 N–H and O–H groups in total. The Morgan fingerprint density at radius 1 is 0.938 bits per heavy atom. The third kappa shape index (κ3) is 5.67. The summed E-state index contributed by atoms with van der Waals surface area (Å²) in [5.74, 6) is 0.696. The molecule has 0 saturated heterocycles. The number of aryl methyl sites for hydroxylation is 1. The van der Waals surface area contributed by atoms with E-state index in [9.17, 15) is 13.2 Å². The second-order valence-corrected chi connectivity index (χ2v) is 8.54. The Kier molecular flexibility index (Phi) is 7.17. The van der Waals surface area contributed by atoms with Crippen LogP contribution in [0.3, 0.4) is 0 Å². The van der Waals surface area contributed by atoms with Crippen LogP contribution in [0.4, 0.5) is 11.4 Å². The van der Waals surface area contributed by atoms with E-state index in [0.717, 1.165) is 5.56 Å². The summed E-state index contributed by atoms with van der Waals surface area (Å²) in [5, 5.41) is 2.69. The van der Waals surface area contributed by atoms with Crippen LogP contribution in [0.25, 0.3) is 6.08 Å². The lowest BCUT2D eigenvalue weighted by molar-refractivity contribution is -0.111. The van der Waals surface area contributed by atoms with Crippen LogP contribution >= 0.6 is 0 Å². The van der Waals surface area contributed by atoms with E-state index in [0.29, 0.717) is 28.4 Å². The summed E-state index contributed by atoms with van der Waals surface area (Å²) in [7, 11) is -0.874. The molecule has 0 aliphatic heterocycles. The molecule has 1 amide bonds. The van der Waals surface area contributed by atoms with Crippen molar-refractivity contribution in [2.45, 2.75) is 11.8 Å². The SMILES string of the molecule is COc1cccc(C=CC(=O)Nc2ccc(C)c(S(=O)(=O)Nc3ccccc3OC)c2)c1. The third-order valence-corrected chi connectivity index (χ3v) is 6.12. The fourth-order valence-corrected chi connectivity index (χ4v) is 4.34. The molecule has 0 fully saturated rings. The minimum atomic E-state index is -3.91. The van der Waals surface area contributed by atoms with Crippen molar-refractivity contribution in [1.29, 1.82) is 0 Å². The molecule has 8 heteroatoms. The molecule has 0 aliphatic carbocycles. The molecule has 166 valence electrons. The van der Waals surface area contributed by atoms with E-state index in [1.54, 1.807) is 62.6 Å². The standard InChI is InChI=1S/C24H24N2O5S/c1-17-11-13-19(25-24(27)14-12-18-7-6-8-20(15-18)30-2)16-23(17)32(28,29)26-21-9-4-5-10-22(21)31-3/h4-16,26H,1-3H3,(H,25,27). The van der Waals surface area contributed by atoms with Gasteiger partial charge in [-0.05, 0) is 60.5 Å². The molecule has 0 bridgehead atoms. The quantitative estimate of drug-likeness (QED) is 0.492. The van der Waals surface area contributed by atoms with Crippen LogP contribution in [0, 0.1) is 6.92 Å². The lowest BCUT2D eigenvalue weighted by Crippen LogP contribution is -2.16. The zero-order valence-electron chi connectivity index (χ0n) is 18.0. The number of rotatable bonds is 8. The number of carbonyl (C=O) groups is 1. The highest BCUT2D eigenvalue weighted by atomic mass is 32.2. The number of ether oxygens (including phenoxy) is 2. The minimum Gasteiger partial charge on any atom is -0.497 e. The fraction of sp³-hybridized carbons (Fsp3) is 0.125. The van der Waals surface area contributed by atoms with Crippen LogP contribution in [0.1, 0.15) is 11.1 Å². The summed E-state index contributed by atoms with van der Waals surface area (Å²) < 4.78 is 38.9. The van der Waals surface area contributed by atoms with Crippen molar-refractivity contribution >= 4 is 33.4 Å². The van der Waals surface area contributed by atoms with Crippen LogP contribution in [0.5, 0.6) is 11.5 Å². The lowest BCUT2D eigenvalue weighted by atomic mass is 10.2. The Labute approximate surface area is 187 Å². The van der Waals surface area contributed by atoms with Gasteiger partial charge in [0.25, 0.3) is 10.0 Å². The molecular weight excluding hydrogens is 428 g/mol. The summed E-state index contributed by atoms with van der Waals surface area (Å²) in [6, 6.07) is 18.7. The molecule has 0 spiro atoms. The van der Waals surface area contributed by atoms with Crippen molar-refractivity contribution in [2.24, 2.45) is 0 Å². The maximum atomic E-state index is 13.0. The molecule has 0 unspecified atom stereocenters. The molecule has 32 heavy (non-hydrogen) atoms. The maximum Gasteiger partial charge on any atom is 0.262 e. The van der Waals surface area contributed by atoms with Gasteiger partial charge in [0.1, 0.15) is 11.5 Å². The molecular formula is C24H24N2O5S. The first-order valence-electron chi connectivity index (χ1n) is 9.72. The van der Waals surface area contributed by atoms with Gasteiger partial charge in [-0.25, -0.2) is 8.42 Å². The number of hydrogen-bond acceptors (Lipinski definition) is 5. The highest BCUT2D eigenvalue weighted by Crippen LogP contribution is 2.28. The van der Waals surface area contributed by atoms with Crippen molar-refractivity contribution < 1.29 is 22.7 Å². The first kappa shape index (κ1) is 22.9. The number of anilines is 2. The summed E-state index contributed by atoms with van der Waals surface area (Å²) in [6.07, 6.45) is 3.02. The van der Waals surface area contributed by atoms with Crippen molar-refractivity contribution in [2.75, 3.05) is 24.3 Å². The number of methoxy groups -OCH3 is 2. The van der Waals surface area contributed by atoms with Crippen molar-refractivity contribution in [3.63, 3.8) is 0 Å². The minimum absolute atomic E-state index is 0.0537. The van der Waals surface area contributed by atoms with Crippen molar-refractivity contribution in [3.8, 4) is 11.5 Å². The summed E-state index contributed by atoms with van der Waals surface area (Å²) in [4.78, 5) is 12.4. The highest BCUT2D eigenvalue weighted by molar-refractivity contribution is 7.92. The van der Waals surface area contributed by atoms with Gasteiger partial charge in [-0.2, -0.15) is 0 Å². The average Bonchev–Trinajstić information content (AvgIpc) is 2.79. The zero-order chi connectivity index (χ0) is 23.1. The van der Waals surface area contributed by atoms with E-state index in [2.05, 4.69) is 10.0 Å². The number of amides is 1. The molecule has 0 aliphatic rings. The predicted octanol–water partition coefficient (Wildman–Crippen LogP) is 4.46. The number of carbonyl (C=O) groups excluding carboxylic acids is 1. The Bertz CT molecular complexity index is 1250. The van der Waals surface area contributed by atoms with Gasteiger partial charge in [0, 0.05) is 11.8 Å². The molecule has 0 aromatic heterocycles. The zero-order valence-corrected chi connectivity index (χ0v) is 18.8. The van der Waals surface area contributed by atoms with E-state index in [1.807, 2.05) is 18.2 Å². The molecule has 0 atom stereocenters. The Hall–Kier alpha value is -3.78. The molecule has 3 rings (SSSR count). The van der Waals surface area contributed by atoms with Crippen LogP contribution in [0.15, 0.2) is 77.7 Å². The van der Waals surface area contributed by atoms with Crippen molar-refractivity contribution in [3.05, 3.63) is 83.9 Å². The van der Waals surface area contributed by atoms with Gasteiger partial charge in [0.2, 0.25) is 5.91 Å². The van der Waals surface area contributed by atoms with E-state index in [-0.39, 0.29) is 4.90 Å². The second-order valence-electron chi connectivity index (χ2n) is 6.89. The number of hydrogen-bond donors (Lipinski definition) is 2. The predicted molar refractivity (Wildman–Crippen MR) is 126 cm³/mol. The van der Waals surface area contributed by atoms with Crippen LogP contribution in [0.2, 0.25) is 0 Å². The van der Waals surface area contributed by atoms with Gasteiger partial charge in [-0.3, -0.25) is 9.52 Å². The molecule has 3 aromatic rings.